The zero-order chi connectivity index (χ0) is 14.7. The lowest BCUT2D eigenvalue weighted by Crippen LogP contribution is -2.28. The minimum atomic E-state index is 0.747. The highest BCUT2D eigenvalue weighted by Gasteiger charge is 2.21. The fraction of sp³-hybridized carbons (Fsp3) is 0.667. The number of halogens is 1. The third-order valence-corrected chi connectivity index (χ3v) is 5.11. The molecule has 0 saturated heterocycles. The van der Waals surface area contributed by atoms with Crippen molar-refractivity contribution in [1.82, 2.24) is 5.32 Å². The van der Waals surface area contributed by atoms with E-state index in [-0.39, 0.29) is 0 Å². The van der Waals surface area contributed by atoms with Crippen molar-refractivity contribution in [2.45, 2.75) is 57.5 Å². The first kappa shape index (κ1) is 15.2. The highest BCUT2D eigenvalue weighted by Crippen LogP contribution is 2.29. The van der Waals surface area contributed by atoms with Crippen molar-refractivity contribution in [3.05, 3.63) is 28.8 Å². The molecule has 0 radical (unpaired) electrons. The number of hydrogen-bond donors (Lipinski definition) is 1. The van der Waals surface area contributed by atoms with Gasteiger partial charge in [0, 0.05) is 36.9 Å². The molecule has 21 heavy (non-hydrogen) atoms. The number of anilines is 1. The van der Waals surface area contributed by atoms with Crippen molar-refractivity contribution in [3.8, 4) is 0 Å². The van der Waals surface area contributed by atoms with Gasteiger partial charge in [-0.1, -0.05) is 36.9 Å². The number of nitrogens with zero attached hydrogens (tertiary/aromatic N) is 1. The van der Waals surface area contributed by atoms with E-state index in [0.29, 0.717) is 0 Å². The van der Waals surface area contributed by atoms with Crippen molar-refractivity contribution in [2.24, 2.45) is 5.92 Å². The van der Waals surface area contributed by atoms with E-state index < -0.39 is 0 Å². The van der Waals surface area contributed by atoms with Gasteiger partial charge in [-0.15, -0.1) is 0 Å². The van der Waals surface area contributed by atoms with Gasteiger partial charge in [0.15, 0.2) is 0 Å². The minimum absolute atomic E-state index is 0.747. The molecular formula is C18H27ClN2. The lowest BCUT2D eigenvalue weighted by Gasteiger charge is -2.30. The van der Waals surface area contributed by atoms with Crippen LogP contribution in [0.5, 0.6) is 0 Å². The number of benzene rings is 1. The van der Waals surface area contributed by atoms with Crippen LogP contribution in [0.25, 0.3) is 0 Å². The summed E-state index contributed by atoms with van der Waals surface area (Å²) >= 11 is 6.23. The minimum Gasteiger partial charge on any atom is -0.374 e. The van der Waals surface area contributed by atoms with E-state index in [9.17, 15) is 0 Å². The van der Waals surface area contributed by atoms with Crippen LogP contribution in [0.1, 0.15) is 50.5 Å². The predicted octanol–water partition coefficient (Wildman–Crippen LogP) is 4.61. The Bertz CT molecular complexity index is 464. The largest absolute Gasteiger partial charge is 0.374 e. The molecule has 3 heteroatoms. The third-order valence-electron chi connectivity index (χ3n) is 4.87. The van der Waals surface area contributed by atoms with Crippen LogP contribution in [-0.4, -0.2) is 19.6 Å². The Hall–Kier alpha value is -0.730. The monoisotopic (exact) mass is 306 g/mol. The summed E-state index contributed by atoms with van der Waals surface area (Å²) in [6.07, 6.45) is 9.69. The number of rotatable bonds is 6. The second-order valence-electron chi connectivity index (χ2n) is 6.81. The van der Waals surface area contributed by atoms with Gasteiger partial charge in [0.25, 0.3) is 0 Å². The molecule has 1 aromatic rings. The zero-order valence-electron chi connectivity index (χ0n) is 13.1. The zero-order valence-corrected chi connectivity index (χ0v) is 13.8. The topological polar surface area (TPSA) is 15.3 Å². The Balaban J connectivity index is 1.66. The molecular weight excluding hydrogens is 280 g/mol. The van der Waals surface area contributed by atoms with Crippen LogP contribution in [0.4, 0.5) is 5.69 Å². The van der Waals surface area contributed by atoms with Crippen LogP contribution in [0.3, 0.4) is 0 Å². The van der Waals surface area contributed by atoms with Crippen LogP contribution in [0, 0.1) is 5.92 Å². The van der Waals surface area contributed by atoms with E-state index in [4.69, 9.17) is 11.6 Å². The molecule has 2 nitrogen and oxygen atoms in total. The fourth-order valence-corrected chi connectivity index (χ4v) is 3.61. The van der Waals surface area contributed by atoms with Gasteiger partial charge < -0.3 is 10.2 Å². The molecule has 0 aromatic heterocycles. The molecule has 2 aliphatic carbocycles. The van der Waals surface area contributed by atoms with Gasteiger partial charge in [0.2, 0.25) is 0 Å². The number of hydrogen-bond acceptors (Lipinski definition) is 2. The quantitative estimate of drug-likeness (QED) is 0.825. The second-order valence-corrected chi connectivity index (χ2v) is 7.25. The molecule has 0 amide bonds. The highest BCUT2D eigenvalue weighted by molar-refractivity contribution is 6.30. The molecule has 0 spiro atoms. The van der Waals surface area contributed by atoms with Crippen molar-refractivity contribution >= 4 is 17.3 Å². The van der Waals surface area contributed by atoms with E-state index in [1.807, 2.05) is 6.07 Å². The maximum absolute atomic E-state index is 6.23. The van der Waals surface area contributed by atoms with Gasteiger partial charge in [-0.3, -0.25) is 0 Å². The van der Waals surface area contributed by atoms with Crippen LogP contribution in [0.2, 0.25) is 5.02 Å². The van der Waals surface area contributed by atoms with Gasteiger partial charge in [-0.05, 0) is 49.3 Å². The Kier molecular flexibility index (Phi) is 5.07. The van der Waals surface area contributed by atoms with Gasteiger partial charge in [0.05, 0.1) is 0 Å². The maximum atomic E-state index is 6.23. The van der Waals surface area contributed by atoms with Gasteiger partial charge in [-0.2, -0.15) is 0 Å². The Morgan fingerprint density at radius 2 is 1.90 bits per heavy atom. The van der Waals surface area contributed by atoms with Crippen LogP contribution in [0.15, 0.2) is 18.2 Å². The van der Waals surface area contributed by atoms with Crippen LogP contribution >= 0.6 is 11.6 Å². The van der Waals surface area contributed by atoms with Crippen molar-refractivity contribution in [2.75, 3.05) is 18.5 Å². The first-order valence-corrected chi connectivity index (χ1v) is 8.83. The van der Waals surface area contributed by atoms with E-state index in [0.717, 1.165) is 30.1 Å². The molecule has 0 atom stereocenters. The van der Waals surface area contributed by atoms with Gasteiger partial charge in [-0.25, -0.2) is 0 Å². The lowest BCUT2D eigenvalue weighted by atomic mass is 9.89. The molecule has 1 aromatic carbocycles. The Labute approximate surface area is 133 Å². The third kappa shape index (κ3) is 4.37. The summed E-state index contributed by atoms with van der Waals surface area (Å²) < 4.78 is 0. The standard InChI is InChI=1S/C18H27ClN2/c1-21(13-14-5-3-2-4-6-14)18-11-16(19)8-7-15(18)12-20-17-9-10-17/h7-8,11,14,17,20H,2-6,9-10,12-13H2,1H3. The van der Waals surface area contributed by atoms with E-state index >= 15 is 0 Å². The molecule has 0 bridgehead atoms. The maximum Gasteiger partial charge on any atom is 0.0426 e. The smallest absolute Gasteiger partial charge is 0.0426 e. The molecule has 116 valence electrons. The van der Waals surface area contributed by atoms with Crippen LogP contribution < -0.4 is 10.2 Å². The summed E-state index contributed by atoms with van der Waals surface area (Å²) in [6.45, 7) is 2.13. The highest BCUT2D eigenvalue weighted by atomic mass is 35.5. The summed E-state index contributed by atoms with van der Waals surface area (Å²) in [7, 11) is 2.22. The molecule has 1 N–H and O–H groups in total. The number of nitrogens with one attached hydrogen (secondary N) is 1. The Morgan fingerprint density at radius 3 is 2.62 bits per heavy atom. The normalized spacial score (nSPS) is 19.7. The summed E-state index contributed by atoms with van der Waals surface area (Å²) in [5.74, 6) is 0.854. The van der Waals surface area contributed by atoms with E-state index in [1.54, 1.807) is 0 Å². The average Bonchev–Trinajstić information content (AvgIpc) is 3.31. The van der Waals surface area contributed by atoms with E-state index in [1.165, 1.54) is 56.2 Å². The molecule has 3 rings (SSSR count). The van der Waals surface area contributed by atoms with Crippen molar-refractivity contribution in [1.29, 1.82) is 0 Å². The molecule has 0 unspecified atom stereocenters. The molecule has 0 aliphatic heterocycles. The second kappa shape index (κ2) is 7.02. The predicted molar refractivity (Wildman–Crippen MR) is 91.2 cm³/mol. The van der Waals surface area contributed by atoms with E-state index in [2.05, 4.69) is 29.4 Å². The Morgan fingerprint density at radius 1 is 1.14 bits per heavy atom. The first-order valence-electron chi connectivity index (χ1n) is 8.45. The average molecular weight is 307 g/mol. The van der Waals surface area contributed by atoms with Crippen LogP contribution in [-0.2, 0) is 6.54 Å². The molecule has 0 heterocycles. The SMILES string of the molecule is CN(CC1CCCCC1)c1cc(Cl)ccc1CNC1CC1. The van der Waals surface area contributed by atoms with Crippen molar-refractivity contribution in [3.63, 3.8) is 0 Å². The lowest BCUT2D eigenvalue weighted by molar-refractivity contribution is 0.362. The molecule has 2 fully saturated rings. The first-order chi connectivity index (χ1) is 10.2. The summed E-state index contributed by atoms with van der Waals surface area (Å²) in [6, 6.07) is 7.08. The van der Waals surface area contributed by atoms with Gasteiger partial charge >= 0.3 is 0 Å². The molecule has 2 aliphatic rings. The fourth-order valence-electron chi connectivity index (χ4n) is 3.44. The summed E-state index contributed by atoms with van der Waals surface area (Å²) in [5.41, 5.74) is 2.69. The molecule has 2 saturated carbocycles. The summed E-state index contributed by atoms with van der Waals surface area (Å²) in [4.78, 5) is 2.42. The van der Waals surface area contributed by atoms with Crippen molar-refractivity contribution < 1.29 is 0 Å². The van der Waals surface area contributed by atoms with Gasteiger partial charge in [0.1, 0.15) is 0 Å². The summed E-state index contributed by atoms with van der Waals surface area (Å²) in [5, 5.41) is 4.46.